The van der Waals surface area contributed by atoms with Gasteiger partial charge in [-0.1, -0.05) is 13.3 Å². The molecule has 0 amide bonds. The second kappa shape index (κ2) is 4.73. The monoisotopic (exact) mass is 156 g/mol. The van der Waals surface area contributed by atoms with Gasteiger partial charge in [-0.15, -0.1) is 0 Å². The molecular formula is C9H20N2. The van der Waals surface area contributed by atoms with Gasteiger partial charge in [0.05, 0.1) is 0 Å². The van der Waals surface area contributed by atoms with Crippen LogP contribution in [0.1, 0.15) is 19.8 Å². The van der Waals surface area contributed by atoms with Crippen molar-refractivity contribution in [1.82, 2.24) is 10.2 Å². The van der Waals surface area contributed by atoms with E-state index in [1.54, 1.807) is 0 Å². The van der Waals surface area contributed by atoms with E-state index in [0.29, 0.717) is 0 Å². The minimum absolute atomic E-state index is 0.979. The van der Waals surface area contributed by atoms with Gasteiger partial charge in [-0.25, -0.2) is 0 Å². The first-order valence-corrected chi connectivity index (χ1v) is 4.73. The average Bonchev–Trinajstić information content (AvgIpc) is 2.48. The van der Waals surface area contributed by atoms with E-state index in [0.717, 1.165) is 12.5 Å². The van der Waals surface area contributed by atoms with Gasteiger partial charge >= 0.3 is 0 Å². The van der Waals surface area contributed by atoms with Crippen molar-refractivity contribution in [3.05, 3.63) is 0 Å². The summed E-state index contributed by atoms with van der Waals surface area (Å²) in [5.41, 5.74) is 0. The maximum absolute atomic E-state index is 3.19. The summed E-state index contributed by atoms with van der Waals surface area (Å²) in [7, 11) is 2.02. The van der Waals surface area contributed by atoms with E-state index in [-0.39, 0.29) is 0 Å². The van der Waals surface area contributed by atoms with Gasteiger partial charge in [-0.05, 0) is 25.9 Å². The first-order chi connectivity index (χ1) is 5.36. The third-order valence-electron chi connectivity index (χ3n) is 2.63. The molecule has 1 heterocycles. The van der Waals surface area contributed by atoms with Crippen LogP contribution in [0.4, 0.5) is 0 Å². The van der Waals surface area contributed by atoms with E-state index in [1.165, 1.54) is 32.5 Å². The molecule has 0 aromatic heterocycles. The first-order valence-electron chi connectivity index (χ1n) is 4.73. The van der Waals surface area contributed by atoms with Gasteiger partial charge in [-0.3, -0.25) is 0 Å². The molecule has 1 atom stereocenters. The summed E-state index contributed by atoms with van der Waals surface area (Å²) in [6.07, 6.45) is 2.77. The molecule has 0 bridgehead atoms. The zero-order valence-corrected chi connectivity index (χ0v) is 7.77. The molecule has 1 unspecified atom stereocenters. The number of nitrogens with zero attached hydrogens (tertiary/aromatic N) is 1. The van der Waals surface area contributed by atoms with Crippen LogP contribution in [0.3, 0.4) is 0 Å². The fraction of sp³-hybridized carbons (Fsp3) is 1.00. The molecule has 0 spiro atoms. The van der Waals surface area contributed by atoms with E-state index < -0.39 is 0 Å². The fourth-order valence-corrected chi connectivity index (χ4v) is 1.72. The minimum Gasteiger partial charge on any atom is -0.318 e. The maximum Gasteiger partial charge on any atom is 0.0107 e. The molecule has 0 aliphatic carbocycles. The smallest absolute Gasteiger partial charge is 0.0107 e. The Balaban J connectivity index is 2.09. The topological polar surface area (TPSA) is 15.3 Å². The summed E-state index contributed by atoms with van der Waals surface area (Å²) in [5, 5.41) is 3.19. The molecule has 0 saturated carbocycles. The number of likely N-dealkylation sites (N-methyl/N-ethyl adjacent to an activating group) is 1. The zero-order chi connectivity index (χ0) is 8.10. The highest BCUT2D eigenvalue weighted by molar-refractivity contribution is 4.74. The molecule has 1 aliphatic rings. The van der Waals surface area contributed by atoms with Crippen LogP contribution >= 0.6 is 0 Å². The van der Waals surface area contributed by atoms with Gasteiger partial charge in [0.25, 0.3) is 0 Å². The molecule has 66 valence electrons. The standard InChI is InChI=1S/C9H20N2/c1-3-9-4-6-11(8-9)7-5-10-2/h9-10H,3-8H2,1-2H3. The van der Waals surface area contributed by atoms with E-state index in [2.05, 4.69) is 17.1 Å². The Labute approximate surface area is 70.0 Å². The maximum atomic E-state index is 3.19. The highest BCUT2D eigenvalue weighted by atomic mass is 15.2. The van der Waals surface area contributed by atoms with Crippen LogP contribution in [-0.2, 0) is 0 Å². The summed E-state index contributed by atoms with van der Waals surface area (Å²) in [4.78, 5) is 2.56. The molecule has 0 radical (unpaired) electrons. The van der Waals surface area contributed by atoms with Crippen molar-refractivity contribution in [2.24, 2.45) is 5.92 Å². The number of hydrogen-bond donors (Lipinski definition) is 1. The predicted molar refractivity (Wildman–Crippen MR) is 48.8 cm³/mol. The normalized spacial score (nSPS) is 26.2. The van der Waals surface area contributed by atoms with Gasteiger partial charge < -0.3 is 10.2 Å². The third kappa shape index (κ3) is 2.80. The van der Waals surface area contributed by atoms with E-state index in [4.69, 9.17) is 0 Å². The molecule has 2 heteroatoms. The number of nitrogens with one attached hydrogen (secondary N) is 1. The van der Waals surface area contributed by atoms with E-state index >= 15 is 0 Å². The van der Waals surface area contributed by atoms with Crippen molar-refractivity contribution >= 4 is 0 Å². The van der Waals surface area contributed by atoms with Crippen LogP contribution in [-0.4, -0.2) is 38.1 Å². The van der Waals surface area contributed by atoms with Crippen molar-refractivity contribution in [2.45, 2.75) is 19.8 Å². The summed E-state index contributed by atoms with van der Waals surface area (Å²) in [6, 6.07) is 0. The van der Waals surface area contributed by atoms with Crippen molar-refractivity contribution in [2.75, 3.05) is 33.2 Å². The van der Waals surface area contributed by atoms with Crippen molar-refractivity contribution < 1.29 is 0 Å². The van der Waals surface area contributed by atoms with Crippen molar-refractivity contribution in [3.63, 3.8) is 0 Å². The Hall–Kier alpha value is -0.0800. The van der Waals surface area contributed by atoms with Gasteiger partial charge in [0.1, 0.15) is 0 Å². The number of likely N-dealkylation sites (tertiary alicyclic amines) is 1. The van der Waals surface area contributed by atoms with Gasteiger partial charge in [0, 0.05) is 19.6 Å². The highest BCUT2D eigenvalue weighted by Crippen LogP contribution is 2.17. The minimum atomic E-state index is 0.979. The van der Waals surface area contributed by atoms with Crippen molar-refractivity contribution in [1.29, 1.82) is 0 Å². The Morgan fingerprint density at radius 2 is 2.36 bits per heavy atom. The van der Waals surface area contributed by atoms with Gasteiger partial charge in [-0.2, -0.15) is 0 Å². The van der Waals surface area contributed by atoms with Crippen LogP contribution in [0.25, 0.3) is 0 Å². The highest BCUT2D eigenvalue weighted by Gasteiger charge is 2.19. The third-order valence-corrected chi connectivity index (χ3v) is 2.63. The molecule has 1 saturated heterocycles. The Morgan fingerprint density at radius 1 is 1.55 bits per heavy atom. The SMILES string of the molecule is CCC1CCN(CCNC)C1. The van der Waals surface area contributed by atoms with Gasteiger partial charge in [0.2, 0.25) is 0 Å². The molecule has 1 aliphatic heterocycles. The van der Waals surface area contributed by atoms with E-state index in [9.17, 15) is 0 Å². The first kappa shape index (κ1) is 9.01. The molecule has 11 heavy (non-hydrogen) atoms. The van der Waals surface area contributed by atoms with Crippen LogP contribution in [0.5, 0.6) is 0 Å². The van der Waals surface area contributed by atoms with Gasteiger partial charge in [0.15, 0.2) is 0 Å². The largest absolute Gasteiger partial charge is 0.318 e. The van der Waals surface area contributed by atoms with Crippen LogP contribution in [0.2, 0.25) is 0 Å². The lowest BCUT2D eigenvalue weighted by atomic mass is 10.1. The van der Waals surface area contributed by atoms with Crippen LogP contribution in [0, 0.1) is 5.92 Å². The molecular weight excluding hydrogens is 136 g/mol. The lowest BCUT2D eigenvalue weighted by molar-refractivity contribution is 0.324. The summed E-state index contributed by atoms with van der Waals surface area (Å²) in [6.45, 7) is 7.31. The Bertz CT molecular complexity index is 104. The predicted octanol–water partition coefficient (Wildman–Crippen LogP) is 0.938. The fourth-order valence-electron chi connectivity index (χ4n) is 1.72. The Morgan fingerprint density at radius 3 is 2.91 bits per heavy atom. The summed E-state index contributed by atoms with van der Waals surface area (Å²) in [5.74, 6) is 0.979. The second-order valence-corrected chi connectivity index (χ2v) is 3.47. The lowest BCUT2D eigenvalue weighted by Gasteiger charge is -2.14. The Kier molecular flexibility index (Phi) is 3.87. The quantitative estimate of drug-likeness (QED) is 0.651. The average molecular weight is 156 g/mol. The van der Waals surface area contributed by atoms with Crippen LogP contribution < -0.4 is 5.32 Å². The lowest BCUT2D eigenvalue weighted by Crippen LogP contribution is -2.28. The zero-order valence-electron chi connectivity index (χ0n) is 7.77. The van der Waals surface area contributed by atoms with Crippen LogP contribution in [0.15, 0.2) is 0 Å². The molecule has 1 rings (SSSR count). The number of hydrogen-bond acceptors (Lipinski definition) is 2. The molecule has 2 nitrogen and oxygen atoms in total. The number of rotatable bonds is 4. The molecule has 1 fully saturated rings. The molecule has 1 N–H and O–H groups in total. The second-order valence-electron chi connectivity index (χ2n) is 3.47. The van der Waals surface area contributed by atoms with Crippen molar-refractivity contribution in [3.8, 4) is 0 Å². The summed E-state index contributed by atoms with van der Waals surface area (Å²) >= 11 is 0. The van der Waals surface area contributed by atoms with E-state index in [1.807, 2.05) is 7.05 Å². The molecule has 0 aromatic carbocycles. The summed E-state index contributed by atoms with van der Waals surface area (Å²) < 4.78 is 0. The molecule has 0 aromatic rings.